The van der Waals surface area contributed by atoms with Crippen molar-refractivity contribution in [2.45, 2.75) is 32.7 Å². The number of nitrogens with zero attached hydrogens (tertiary/aromatic N) is 2. The second-order valence-electron chi connectivity index (χ2n) is 9.23. The highest BCUT2D eigenvalue weighted by molar-refractivity contribution is 5.68. The second kappa shape index (κ2) is 7.30. The topological polar surface area (TPSA) is 91.5 Å². The molecule has 0 bridgehead atoms. The van der Waals surface area contributed by atoms with Crippen molar-refractivity contribution in [3.8, 4) is 28.4 Å². The van der Waals surface area contributed by atoms with Crippen LogP contribution >= 0.6 is 0 Å². The van der Waals surface area contributed by atoms with Crippen molar-refractivity contribution in [2.24, 2.45) is 11.1 Å². The van der Waals surface area contributed by atoms with Gasteiger partial charge in [0.15, 0.2) is 6.35 Å². The third-order valence-electron chi connectivity index (χ3n) is 5.50. The van der Waals surface area contributed by atoms with Crippen LogP contribution in [0.5, 0.6) is 17.2 Å². The molecule has 1 unspecified atom stereocenters. The lowest BCUT2D eigenvalue weighted by Gasteiger charge is -2.37. The molecule has 3 aromatic rings. The fourth-order valence-electron chi connectivity index (χ4n) is 4.02. The Kier molecular flexibility index (Phi) is 4.69. The summed E-state index contributed by atoms with van der Waals surface area (Å²) in [7, 11) is 0. The summed E-state index contributed by atoms with van der Waals surface area (Å²) in [5.41, 5.74) is 9.37. The highest BCUT2D eigenvalue weighted by Crippen LogP contribution is 2.50. The molecule has 7 nitrogen and oxygen atoms in total. The van der Waals surface area contributed by atoms with Crippen LogP contribution < -0.4 is 20.5 Å². The summed E-state index contributed by atoms with van der Waals surface area (Å²) in [4.78, 5) is 8.29. The van der Waals surface area contributed by atoms with Crippen LogP contribution in [0.2, 0.25) is 0 Å². The van der Waals surface area contributed by atoms with Crippen molar-refractivity contribution < 1.29 is 14.2 Å². The van der Waals surface area contributed by atoms with Gasteiger partial charge < -0.3 is 14.2 Å². The van der Waals surface area contributed by atoms with E-state index in [9.17, 15) is 0 Å². The minimum Gasteiger partial charge on any atom is -0.493 e. The summed E-state index contributed by atoms with van der Waals surface area (Å²) in [6.07, 6.45) is 4.53. The molecule has 7 heteroatoms. The average molecular weight is 418 g/mol. The Morgan fingerprint density at radius 2 is 1.77 bits per heavy atom. The quantitative estimate of drug-likeness (QED) is 0.669. The van der Waals surface area contributed by atoms with Gasteiger partial charge in [0, 0.05) is 29.1 Å². The van der Waals surface area contributed by atoms with Gasteiger partial charge in [-0.15, -0.1) is 0 Å². The third kappa shape index (κ3) is 3.65. The lowest BCUT2D eigenvalue weighted by molar-refractivity contribution is 0.103. The zero-order chi connectivity index (χ0) is 21.6. The largest absolute Gasteiger partial charge is 0.493 e. The number of fused-ring (bicyclic) bond motifs is 4. The van der Waals surface area contributed by atoms with E-state index in [1.54, 1.807) is 12.4 Å². The minimum atomic E-state index is -0.644. The van der Waals surface area contributed by atoms with Crippen molar-refractivity contribution in [2.75, 3.05) is 13.2 Å². The normalized spacial score (nSPS) is 22.0. The van der Waals surface area contributed by atoms with Crippen LogP contribution in [-0.2, 0) is 10.3 Å². The van der Waals surface area contributed by atoms with E-state index in [2.05, 4.69) is 42.1 Å². The Hall–Kier alpha value is -3.00. The molecule has 1 fully saturated rings. The first-order valence-corrected chi connectivity index (χ1v) is 10.3. The Morgan fingerprint density at radius 3 is 2.45 bits per heavy atom. The molecule has 2 aliphatic heterocycles. The van der Waals surface area contributed by atoms with E-state index in [4.69, 9.17) is 19.9 Å². The number of hydrogen-bond donors (Lipinski definition) is 2. The minimum absolute atomic E-state index is 0.0560. The van der Waals surface area contributed by atoms with Crippen molar-refractivity contribution in [1.29, 1.82) is 0 Å². The van der Waals surface area contributed by atoms with Gasteiger partial charge >= 0.3 is 0 Å². The number of nitrogens with two attached hydrogens (primary N) is 1. The fourth-order valence-corrected chi connectivity index (χ4v) is 4.02. The van der Waals surface area contributed by atoms with Crippen LogP contribution in [0.15, 0.2) is 55.1 Å². The van der Waals surface area contributed by atoms with E-state index in [0.29, 0.717) is 13.2 Å². The molecule has 1 aromatic heterocycles. The SMILES string of the molecule is CC(C)(C)COc1ccc2c(c1)[C@]1(COC(N)N1)c1cc(-c3cncnc3)ccc1O2. The van der Waals surface area contributed by atoms with E-state index >= 15 is 0 Å². The summed E-state index contributed by atoms with van der Waals surface area (Å²) in [5.74, 6) is 2.31. The average Bonchev–Trinajstić information content (AvgIpc) is 3.15. The molecule has 5 rings (SSSR count). The van der Waals surface area contributed by atoms with E-state index in [-0.39, 0.29) is 5.41 Å². The smallest absolute Gasteiger partial charge is 0.162 e. The Morgan fingerprint density at radius 1 is 1.06 bits per heavy atom. The van der Waals surface area contributed by atoms with Crippen LogP contribution in [-0.4, -0.2) is 29.5 Å². The second-order valence-corrected chi connectivity index (χ2v) is 9.23. The summed E-state index contributed by atoms with van der Waals surface area (Å²) in [6.45, 7) is 7.43. The first-order chi connectivity index (χ1) is 14.8. The van der Waals surface area contributed by atoms with Crippen LogP contribution in [0.3, 0.4) is 0 Å². The first kappa shape index (κ1) is 19.9. The van der Waals surface area contributed by atoms with Gasteiger partial charge in [-0.2, -0.15) is 0 Å². The maximum absolute atomic E-state index is 6.27. The summed E-state index contributed by atoms with van der Waals surface area (Å²) >= 11 is 0. The molecule has 2 aliphatic rings. The fraction of sp³-hybridized carbons (Fsp3) is 0.333. The van der Waals surface area contributed by atoms with Crippen molar-refractivity contribution in [3.63, 3.8) is 0 Å². The molecule has 2 atom stereocenters. The predicted octanol–water partition coefficient (Wildman–Crippen LogP) is 3.78. The standard InChI is InChI=1S/C24H26N4O3/c1-23(2,3)12-29-17-5-7-21-19(9-17)24(13-30-22(25)28-24)18-8-15(4-6-20(18)31-21)16-10-26-14-27-11-16/h4-11,14,22,28H,12-13,25H2,1-3H3/t22?,24-/m0/s1. The Balaban J connectivity index is 1.61. The molecule has 0 saturated carbocycles. The molecule has 3 N–H and O–H groups in total. The molecule has 2 aromatic carbocycles. The zero-order valence-electron chi connectivity index (χ0n) is 17.9. The first-order valence-electron chi connectivity index (χ1n) is 10.3. The Labute approximate surface area is 181 Å². The molecule has 3 heterocycles. The van der Waals surface area contributed by atoms with E-state index in [1.807, 2.05) is 30.3 Å². The van der Waals surface area contributed by atoms with Crippen LogP contribution in [0, 0.1) is 5.41 Å². The zero-order valence-corrected chi connectivity index (χ0v) is 17.9. The van der Waals surface area contributed by atoms with E-state index < -0.39 is 11.9 Å². The van der Waals surface area contributed by atoms with Gasteiger partial charge in [0.05, 0.1) is 13.2 Å². The van der Waals surface area contributed by atoms with E-state index in [0.717, 1.165) is 39.5 Å². The molecular weight excluding hydrogens is 392 g/mol. The van der Waals surface area contributed by atoms with Crippen molar-refractivity contribution in [1.82, 2.24) is 15.3 Å². The van der Waals surface area contributed by atoms with Crippen molar-refractivity contribution >= 4 is 0 Å². The number of rotatable bonds is 3. The van der Waals surface area contributed by atoms with Gasteiger partial charge in [0.1, 0.15) is 29.1 Å². The number of benzene rings is 2. The highest BCUT2D eigenvalue weighted by Gasteiger charge is 2.48. The van der Waals surface area contributed by atoms with Gasteiger partial charge in [-0.3, -0.25) is 11.1 Å². The third-order valence-corrected chi connectivity index (χ3v) is 5.50. The van der Waals surface area contributed by atoms with Gasteiger partial charge in [-0.25, -0.2) is 9.97 Å². The van der Waals surface area contributed by atoms with Gasteiger partial charge in [-0.05, 0) is 41.3 Å². The van der Waals surface area contributed by atoms with E-state index in [1.165, 1.54) is 6.33 Å². The van der Waals surface area contributed by atoms with Gasteiger partial charge in [0.25, 0.3) is 0 Å². The molecule has 0 aliphatic carbocycles. The van der Waals surface area contributed by atoms with Gasteiger partial charge in [0.2, 0.25) is 0 Å². The highest BCUT2D eigenvalue weighted by atomic mass is 16.5. The van der Waals surface area contributed by atoms with Crippen LogP contribution in [0.25, 0.3) is 11.1 Å². The summed E-state index contributed by atoms with van der Waals surface area (Å²) in [6, 6.07) is 12.0. The lowest BCUT2D eigenvalue weighted by Crippen LogP contribution is -2.47. The maximum atomic E-state index is 6.27. The molecule has 0 radical (unpaired) electrons. The number of nitrogens with one attached hydrogen (secondary N) is 1. The van der Waals surface area contributed by atoms with Crippen molar-refractivity contribution in [3.05, 3.63) is 66.2 Å². The van der Waals surface area contributed by atoms with Crippen LogP contribution in [0.1, 0.15) is 31.9 Å². The number of hydrogen-bond acceptors (Lipinski definition) is 7. The molecule has 0 amide bonds. The van der Waals surface area contributed by atoms with Crippen LogP contribution in [0.4, 0.5) is 0 Å². The maximum Gasteiger partial charge on any atom is 0.162 e. The molecule has 1 saturated heterocycles. The van der Waals surface area contributed by atoms with Gasteiger partial charge in [-0.1, -0.05) is 26.8 Å². The lowest BCUT2D eigenvalue weighted by atomic mass is 9.80. The summed E-state index contributed by atoms with van der Waals surface area (Å²) < 4.78 is 18.1. The molecule has 1 spiro atoms. The predicted molar refractivity (Wildman–Crippen MR) is 117 cm³/mol. The Bertz CT molecular complexity index is 1110. The monoisotopic (exact) mass is 418 g/mol. The number of ether oxygens (including phenoxy) is 3. The molecular formula is C24H26N4O3. The molecule has 160 valence electrons. The number of aromatic nitrogens is 2. The molecule has 31 heavy (non-hydrogen) atoms. The summed E-state index contributed by atoms with van der Waals surface area (Å²) in [5, 5.41) is 3.45.